The lowest BCUT2D eigenvalue weighted by molar-refractivity contribution is -0.144. The van der Waals surface area contributed by atoms with Gasteiger partial charge in [-0.1, -0.05) is 78.7 Å². The third-order valence-corrected chi connectivity index (χ3v) is 4.15. The van der Waals surface area contributed by atoms with E-state index in [4.69, 9.17) is 4.74 Å². The van der Waals surface area contributed by atoms with Crippen molar-refractivity contribution in [2.45, 2.75) is 33.2 Å². The summed E-state index contributed by atoms with van der Waals surface area (Å²) in [5.74, 6) is -0.295. The van der Waals surface area contributed by atoms with Gasteiger partial charge in [-0.25, -0.2) is 4.68 Å². The van der Waals surface area contributed by atoms with Crippen LogP contribution in [-0.2, 0) is 16.1 Å². The van der Waals surface area contributed by atoms with E-state index in [2.05, 4.69) is 17.2 Å². The minimum atomic E-state index is -0.295. The zero-order chi connectivity index (χ0) is 18.4. The van der Waals surface area contributed by atoms with Crippen molar-refractivity contribution in [3.8, 4) is 22.5 Å². The van der Waals surface area contributed by atoms with Crippen molar-refractivity contribution in [2.24, 2.45) is 0 Å². The molecule has 0 saturated carbocycles. The molecule has 3 rings (SSSR count). The maximum absolute atomic E-state index is 12.2. The highest BCUT2D eigenvalue weighted by atomic mass is 16.5. The Kier molecular flexibility index (Phi) is 5.79. The lowest BCUT2D eigenvalue weighted by atomic mass is 10.0. The van der Waals surface area contributed by atoms with Crippen LogP contribution in [0.25, 0.3) is 22.5 Å². The van der Waals surface area contributed by atoms with E-state index in [0.29, 0.717) is 6.61 Å². The van der Waals surface area contributed by atoms with Crippen LogP contribution in [0.15, 0.2) is 54.6 Å². The first-order chi connectivity index (χ1) is 12.7. The number of benzene rings is 2. The second kappa shape index (κ2) is 8.43. The minimum Gasteiger partial charge on any atom is -0.464 e. The molecular formula is C21H23N3O2. The molecule has 5 nitrogen and oxygen atoms in total. The Bertz CT molecular complexity index is 855. The Morgan fingerprint density at radius 2 is 1.77 bits per heavy atom. The highest BCUT2D eigenvalue weighted by Gasteiger charge is 2.18. The topological polar surface area (TPSA) is 57.0 Å². The number of esters is 1. The number of ether oxygens (including phenoxy) is 1. The summed E-state index contributed by atoms with van der Waals surface area (Å²) in [6.45, 7) is 4.59. The molecule has 26 heavy (non-hydrogen) atoms. The predicted molar refractivity (Wildman–Crippen MR) is 101 cm³/mol. The standard InChI is InChI=1S/C21H23N3O2/c1-3-4-14-26-19(25)15-24-21(18-12-10-16(2)11-13-18)20(22-23-24)17-8-6-5-7-9-17/h5-13H,3-4,14-15H2,1-2H3. The molecule has 0 atom stereocenters. The summed E-state index contributed by atoms with van der Waals surface area (Å²) in [4.78, 5) is 12.2. The van der Waals surface area contributed by atoms with Gasteiger partial charge in [-0.3, -0.25) is 4.79 Å². The van der Waals surface area contributed by atoms with Gasteiger partial charge in [-0.2, -0.15) is 0 Å². The molecule has 0 N–H and O–H groups in total. The van der Waals surface area contributed by atoms with E-state index in [9.17, 15) is 4.79 Å². The number of aromatic nitrogens is 3. The van der Waals surface area contributed by atoms with E-state index in [-0.39, 0.29) is 12.5 Å². The number of unbranched alkanes of at least 4 members (excludes halogenated alkanes) is 1. The molecular weight excluding hydrogens is 326 g/mol. The van der Waals surface area contributed by atoms with Gasteiger partial charge < -0.3 is 4.74 Å². The zero-order valence-electron chi connectivity index (χ0n) is 15.2. The van der Waals surface area contributed by atoms with Gasteiger partial charge >= 0.3 is 5.97 Å². The number of aryl methyl sites for hydroxylation is 1. The Morgan fingerprint density at radius 1 is 1.04 bits per heavy atom. The summed E-state index contributed by atoms with van der Waals surface area (Å²) in [5, 5.41) is 8.57. The zero-order valence-corrected chi connectivity index (χ0v) is 15.2. The Morgan fingerprint density at radius 3 is 2.46 bits per heavy atom. The largest absolute Gasteiger partial charge is 0.464 e. The van der Waals surface area contributed by atoms with Gasteiger partial charge in [-0.05, 0) is 13.3 Å². The first-order valence-corrected chi connectivity index (χ1v) is 8.90. The number of carbonyl (C=O) groups is 1. The molecule has 0 fully saturated rings. The summed E-state index contributed by atoms with van der Waals surface area (Å²) >= 11 is 0. The molecule has 0 aliphatic carbocycles. The number of nitrogens with zero attached hydrogens (tertiary/aromatic N) is 3. The molecule has 1 heterocycles. The Labute approximate surface area is 153 Å². The first-order valence-electron chi connectivity index (χ1n) is 8.90. The monoisotopic (exact) mass is 349 g/mol. The normalized spacial score (nSPS) is 10.7. The number of hydrogen-bond donors (Lipinski definition) is 0. The first kappa shape index (κ1) is 17.9. The minimum absolute atomic E-state index is 0.0484. The summed E-state index contributed by atoms with van der Waals surface area (Å²) in [5.41, 5.74) is 4.70. The molecule has 0 unspecified atom stereocenters. The Balaban J connectivity index is 1.95. The van der Waals surface area contributed by atoms with Crippen LogP contribution in [0.5, 0.6) is 0 Å². The number of rotatable bonds is 7. The smallest absolute Gasteiger partial charge is 0.327 e. The van der Waals surface area contributed by atoms with Gasteiger partial charge in [0, 0.05) is 11.1 Å². The molecule has 0 spiro atoms. The van der Waals surface area contributed by atoms with Crippen LogP contribution in [0.3, 0.4) is 0 Å². The third kappa shape index (κ3) is 4.17. The van der Waals surface area contributed by atoms with Gasteiger partial charge in [0.05, 0.1) is 12.3 Å². The molecule has 0 radical (unpaired) electrons. The van der Waals surface area contributed by atoms with Crippen LogP contribution in [0.4, 0.5) is 0 Å². The molecule has 0 saturated heterocycles. The summed E-state index contributed by atoms with van der Waals surface area (Å²) in [7, 11) is 0. The van der Waals surface area contributed by atoms with E-state index >= 15 is 0 Å². The van der Waals surface area contributed by atoms with Crippen molar-refractivity contribution in [3.05, 3.63) is 60.2 Å². The fourth-order valence-electron chi connectivity index (χ4n) is 2.71. The molecule has 0 aliphatic rings. The van der Waals surface area contributed by atoms with Gasteiger partial charge in [0.1, 0.15) is 12.2 Å². The van der Waals surface area contributed by atoms with Gasteiger partial charge in [0.25, 0.3) is 0 Å². The fourth-order valence-corrected chi connectivity index (χ4v) is 2.71. The highest BCUT2D eigenvalue weighted by molar-refractivity contribution is 5.79. The van der Waals surface area contributed by atoms with E-state index in [1.54, 1.807) is 4.68 Å². The van der Waals surface area contributed by atoms with Crippen LogP contribution in [0.2, 0.25) is 0 Å². The lowest BCUT2D eigenvalue weighted by Gasteiger charge is -2.09. The van der Waals surface area contributed by atoms with E-state index < -0.39 is 0 Å². The van der Waals surface area contributed by atoms with E-state index in [1.807, 2.05) is 61.5 Å². The highest BCUT2D eigenvalue weighted by Crippen LogP contribution is 2.30. The van der Waals surface area contributed by atoms with Gasteiger partial charge in [0.2, 0.25) is 0 Å². The maximum Gasteiger partial charge on any atom is 0.327 e. The summed E-state index contributed by atoms with van der Waals surface area (Å²) in [6, 6.07) is 18.0. The van der Waals surface area contributed by atoms with E-state index in [1.165, 1.54) is 5.56 Å². The molecule has 2 aromatic carbocycles. The molecule has 0 aliphatic heterocycles. The van der Waals surface area contributed by atoms with Crippen LogP contribution >= 0.6 is 0 Å². The molecule has 3 aromatic rings. The van der Waals surface area contributed by atoms with Crippen molar-refractivity contribution in [2.75, 3.05) is 6.61 Å². The van der Waals surface area contributed by atoms with Crippen molar-refractivity contribution < 1.29 is 9.53 Å². The van der Waals surface area contributed by atoms with Crippen LogP contribution < -0.4 is 0 Å². The average Bonchev–Trinajstić information content (AvgIpc) is 3.07. The Hall–Kier alpha value is -2.95. The van der Waals surface area contributed by atoms with Crippen LogP contribution in [0, 0.1) is 6.92 Å². The molecule has 5 heteroatoms. The second-order valence-corrected chi connectivity index (χ2v) is 6.25. The molecule has 0 bridgehead atoms. The number of carbonyl (C=O) groups excluding carboxylic acids is 1. The lowest BCUT2D eigenvalue weighted by Crippen LogP contribution is -2.16. The second-order valence-electron chi connectivity index (χ2n) is 6.25. The fraction of sp³-hybridized carbons (Fsp3) is 0.286. The van der Waals surface area contributed by atoms with Crippen molar-refractivity contribution in [3.63, 3.8) is 0 Å². The third-order valence-electron chi connectivity index (χ3n) is 4.15. The quantitative estimate of drug-likeness (QED) is 0.472. The van der Waals surface area contributed by atoms with Gasteiger partial charge in [0.15, 0.2) is 0 Å². The van der Waals surface area contributed by atoms with E-state index in [0.717, 1.165) is 35.4 Å². The van der Waals surface area contributed by atoms with Crippen LogP contribution in [-0.4, -0.2) is 27.6 Å². The molecule has 134 valence electrons. The van der Waals surface area contributed by atoms with Crippen molar-refractivity contribution >= 4 is 5.97 Å². The van der Waals surface area contributed by atoms with Crippen molar-refractivity contribution in [1.29, 1.82) is 0 Å². The molecule has 0 amide bonds. The van der Waals surface area contributed by atoms with Crippen LogP contribution in [0.1, 0.15) is 25.3 Å². The van der Waals surface area contributed by atoms with Crippen molar-refractivity contribution in [1.82, 2.24) is 15.0 Å². The van der Waals surface area contributed by atoms with Gasteiger partial charge in [-0.15, -0.1) is 5.10 Å². The number of hydrogen-bond acceptors (Lipinski definition) is 4. The maximum atomic E-state index is 12.2. The summed E-state index contributed by atoms with van der Waals surface area (Å²) < 4.78 is 6.91. The molecule has 1 aromatic heterocycles. The SMILES string of the molecule is CCCCOC(=O)Cn1nnc(-c2ccccc2)c1-c1ccc(C)cc1. The predicted octanol–water partition coefficient (Wildman–Crippen LogP) is 4.26. The summed E-state index contributed by atoms with van der Waals surface area (Å²) in [6.07, 6.45) is 1.85. The average molecular weight is 349 g/mol.